The van der Waals surface area contributed by atoms with Gasteiger partial charge in [-0.05, 0) is 56.7 Å². The average molecular weight is 310 g/mol. The van der Waals surface area contributed by atoms with Crippen molar-refractivity contribution in [3.8, 4) is 5.75 Å². The third-order valence-corrected chi connectivity index (χ3v) is 4.36. The van der Waals surface area contributed by atoms with Gasteiger partial charge in [0.05, 0.1) is 10.4 Å². The predicted molar refractivity (Wildman–Crippen MR) is 75.0 cm³/mol. The van der Waals surface area contributed by atoms with E-state index >= 15 is 0 Å². The minimum absolute atomic E-state index is 0.816. The van der Waals surface area contributed by atoms with E-state index in [0.717, 1.165) is 31.0 Å². The highest BCUT2D eigenvalue weighted by molar-refractivity contribution is 9.11. The Kier molecular flexibility index (Phi) is 3.07. The third kappa shape index (κ3) is 2.48. The minimum Gasteiger partial charge on any atom is -0.493 e. The Hall–Kier alpha value is -1.00. The van der Waals surface area contributed by atoms with Crippen LogP contribution in [0.2, 0.25) is 0 Å². The summed E-state index contributed by atoms with van der Waals surface area (Å²) >= 11 is 5.19. The molecule has 0 unspecified atom stereocenters. The summed E-state index contributed by atoms with van der Waals surface area (Å²) in [5.74, 6) is 1.04. The van der Waals surface area contributed by atoms with Crippen molar-refractivity contribution in [1.82, 2.24) is 0 Å². The largest absolute Gasteiger partial charge is 0.493 e. The zero-order valence-corrected chi connectivity index (χ0v) is 11.6. The summed E-state index contributed by atoms with van der Waals surface area (Å²) in [4.78, 5) is 0. The molecule has 17 heavy (non-hydrogen) atoms. The number of hydrogen-bond donors (Lipinski definition) is 1. The molecular formula is C13H12BrNOS. The first kappa shape index (κ1) is 11.1. The highest BCUT2D eigenvalue weighted by Gasteiger charge is 2.11. The third-order valence-electron chi connectivity index (χ3n) is 2.81. The molecule has 2 nitrogen and oxygen atoms in total. The van der Waals surface area contributed by atoms with Crippen LogP contribution >= 0.6 is 27.3 Å². The molecule has 4 heteroatoms. The molecule has 0 amide bonds. The number of fused-ring (bicyclic) bond motifs is 1. The second kappa shape index (κ2) is 4.70. The summed E-state index contributed by atoms with van der Waals surface area (Å²) in [6.45, 7) is 1.68. The highest BCUT2D eigenvalue weighted by atomic mass is 79.9. The van der Waals surface area contributed by atoms with Gasteiger partial charge in [-0.25, -0.2) is 0 Å². The van der Waals surface area contributed by atoms with E-state index in [1.54, 1.807) is 11.3 Å². The van der Waals surface area contributed by atoms with Crippen molar-refractivity contribution in [2.75, 3.05) is 11.9 Å². The molecule has 0 aliphatic carbocycles. The van der Waals surface area contributed by atoms with Crippen molar-refractivity contribution >= 4 is 33.0 Å². The number of anilines is 1. The van der Waals surface area contributed by atoms with E-state index in [9.17, 15) is 0 Å². The van der Waals surface area contributed by atoms with Gasteiger partial charge in [0, 0.05) is 18.7 Å². The Morgan fingerprint density at radius 2 is 2.29 bits per heavy atom. The first-order chi connectivity index (χ1) is 8.31. The molecule has 0 fully saturated rings. The second-order valence-electron chi connectivity index (χ2n) is 4.03. The molecule has 1 N–H and O–H groups in total. The van der Waals surface area contributed by atoms with Crippen molar-refractivity contribution in [2.45, 2.75) is 13.0 Å². The number of ether oxygens (including phenoxy) is 1. The number of rotatable bonds is 3. The van der Waals surface area contributed by atoms with Crippen LogP contribution in [0, 0.1) is 0 Å². The zero-order valence-electron chi connectivity index (χ0n) is 9.20. The Bertz CT molecular complexity index is 538. The summed E-state index contributed by atoms with van der Waals surface area (Å²) in [6, 6.07) is 8.46. The van der Waals surface area contributed by atoms with Gasteiger partial charge in [-0.3, -0.25) is 0 Å². The molecule has 88 valence electrons. The molecule has 0 spiro atoms. The zero-order chi connectivity index (χ0) is 11.7. The van der Waals surface area contributed by atoms with Crippen LogP contribution in [0.3, 0.4) is 0 Å². The predicted octanol–water partition coefficient (Wildman–Crippen LogP) is 4.06. The minimum atomic E-state index is 0.816. The molecule has 1 aromatic carbocycles. The number of thiophene rings is 1. The molecule has 3 rings (SSSR count). The molecule has 0 radical (unpaired) electrons. The van der Waals surface area contributed by atoms with E-state index in [-0.39, 0.29) is 0 Å². The van der Waals surface area contributed by atoms with Crippen LogP contribution in [0.1, 0.15) is 11.1 Å². The summed E-state index contributed by atoms with van der Waals surface area (Å²) < 4.78 is 6.66. The van der Waals surface area contributed by atoms with Gasteiger partial charge in [-0.1, -0.05) is 0 Å². The monoisotopic (exact) mass is 309 g/mol. The van der Waals surface area contributed by atoms with Crippen LogP contribution in [0.25, 0.3) is 0 Å². The summed E-state index contributed by atoms with van der Waals surface area (Å²) in [5.41, 5.74) is 3.77. The maximum atomic E-state index is 5.49. The first-order valence-electron chi connectivity index (χ1n) is 5.54. The van der Waals surface area contributed by atoms with E-state index in [1.807, 2.05) is 6.07 Å². The number of benzene rings is 1. The Balaban J connectivity index is 1.69. The van der Waals surface area contributed by atoms with E-state index in [4.69, 9.17) is 4.74 Å². The molecule has 0 atom stereocenters. The standard InChI is InChI=1S/C13H12BrNOS/c14-13-5-9(8-17-13)7-15-11-1-2-12-10(6-11)3-4-16-12/h1-2,5-6,8,15H,3-4,7H2. The van der Waals surface area contributed by atoms with Crippen molar-refractivity contribution in [3.05, 3.63) is 44.6 Å². The number of hydrogen-bond acceptors (Lipinski definition) is 3. The van der Waals surface area contributed by atoms with E-state index in [1.165, 1.54) is 14.9 Å². The molecule has 1 aromatic heterocycles. The van der Waals surface area contributed by atoms with Gasteiger partial charge >= 0.3 is 0 Å². The molecule has 1 aliphatic rings. The average Bonchev–Trinajstić information content (AvgIpc) is 2.94. The molecule has 2 heterocycles. The van der Waals surface area contributed by atoms with Crippen molar-refractivity contribution in [2.24, 2.45) is 0 Å². The first-order valence-corrected chi connectivity index (χ1v) is 7.21. The van der Waals surface area contributed by atoms with Gasteiger partial charge in [0.1, 0.15) is 5.75 Å². The SMILES string of the molecule is Brc1cc(CNc2ccc3c(c2)CCO3)cs1. The Labute approximate surface area is 113 Å². The number of nitrogens with one attached hydrogen (secondary N) is 1. The fraction of sp³-hybridized carbons (Fsp3) is 0.231. The van der Waals surface area contributed by atoms with Crippen LogP contribution in [-0.4, -0.2) is 6.61 Å². The fourth-order valence-electron chi connectivity index (χ4n) is 1.94. The highest BCUT2D eigenvalue weighted by Crippen LogP contribution is 2.28. The maximum Gasteiger partial charge on any atom is 0.122 e. The number of halogens is 1. The topological polar surface area (TPSA) is 21.3 Å². The summed E-state index contributed by atoms with van der Waals surface area (Å²) in [7, 11) is 0. The lowest BCUT2D eigenvalue weighted by molar-refractivity contribution is 0.357. The van der Waals surface area contributed by atoms with Gasteiger partial charge in [0.25, 0.3) is 0 Å². The van der Waals surface area contributed by atoms with Crippen LogP contribution in [-0.2, 0) is 13.0 Å². The lowest BCUT2D eigenvalue weighted by Gasteiger charge is -2.06. The quantitative estimate of drug-likeness (QED) is 0.923. The molecule has 0 saturated heterocycles. The maximum absolute atomic E-state index is 5.49. The lowest BCUT2D eigenvalue weighted by Crippen LogP contribution is -1.98. The fourth-order valence-corrected chi connectivity index (χ4v) is 3.15. The molecule has 0 saturated carbocycles. The van der Waals surface area contributed by atoms with Gasteiger partial charge < -0.3 is 10.1 Å². The second-order valence-corrected chi connectivity index (χ2v) is 6.32. The molecule has 1 aliphatic heterocycles. The Morgan fingerprint density at radius 3 is 3.12 bits per heavy atom. The normalized spacial score (nSPS) is 13.2. The van der Waals surface area contributed by atoms with Gasteiger partial charge in [0.2, 0.25) is 0 Å². The van der Waals surface area contributed by atoms with Crippen LogP contribution in [0.4, 0.5) is 5.69 Å². The lowest BCUT2D eigenvalue weighted by atomic mass is 10.1. The van der Waals surface area contributed by atoms with E-state index < -0.39 is 0 Å². The molecule has 0 bridgehead atoms. The van der Waals surface area contributed by atoms with Crippen LogP contribution in [0.15, 0.2) is 33.4 Å². The van der Waals surface area contributed by atoms with Crippen molar-refractivity contribution in [3.63, 3.8) is 0 Å². The van der Waals surface area contributed by atoms with Crippen LogP contribution < -0.4 is 10.1 Å². The summed E-state index contributed by atoms with van der Waals surface area (Å²) in [6.07, 6.45) is 1.02. The van der Waals surface area contributed by atoms with E-state index in [0.29, 0.717) is 0 Å². The van der Waals surface area contributed by atoms with Gasteiger partial charge in [-0.2, -0.15) is 0 Å². The Morgan fingerprint density at radius 1 is 1.35 bits per heavy atom. The molecule has 2 aromatic rings. The molecular weight excluding hydrogens is 298 g/mol. The smallest absolute Gasteiger partial charge is 0.122 e. The summed E-state index contributed by atoms with van der Waals surface area (Å²) in [5, 5.41) is 5.59. The van der Waals surface area contributed by atoms with Crippen LogP contribution in [0.5, 0.6) is 5.75 Å². The van der Waals surface area contributed by atoms with Crippen molar-refractivity contribution < 1.29 is 4.74 Å². The van der Waals surface area contributed by atoms with Gasteiger partial charge in [0.15, 0.2) is 0 Å². The van der Waals surface area contributed by atoms with Crippen molar-refractivity contribution in [1.29, 1.82) is 0 Å². The van der Waals surface area contributed by atoms with Gasteiger partial charge in [-0.15, -0.1) is 11.3 Å². The van der Waals surface area contributed by atoms with E-state index in [2.05, 4.69) is 44.8 Å².